The second-order valence-electron chi connectivity index (χ2n) is 3.30. The highest BCUT2D eigenvalue weighted by Crippen LogP contribution is 2.15. The molecule has 1 aliphatic rings. The van der Waals surface area contributed by atoms with E-state index in [2.05, 4.69) is 33.3 Å². The molecule has 0 aromatic heterocycles. The number of hydrogen-bond donors (Lipinski definition) is 1. The summed E-state index contributed by atoms with van der Waals surface area (Å²) in [6.45, 7) is 4.76. The van der Waals surface area contributed by atoms with E-state index in [1.807, 2.05) is 0 Å². The first kappa shape index (κ1) is 8.45. The molecular formula is C7H17N2P. The molecule has 1 heterocycles. The van der Waals surface area contributed by atoms with E-state index in [1.54, 1.807) is 0 Å². The monoisotopic (exact) mass is 160 g/mol. The fraction of sp³-hybridized carbons (Fsp3) is 1.00. The zero-order chi connectivity index (χ0) is 7.56. The Morgan fingerprint density at radius 3 is 2.80 bits per heavy atom. The minimum Gasteiger partial charge on any atom is -0.306 e. The predicted octanol–water partition coefficient (Wildman–Crippen LogP) is 0.706. The Labute approximate surface area is 65.6 Å². The van der Waals surface area contributed by atoms with Gasteiger partial charge in [-0.25, -0.2) is 0 Å². The smallest absolute Gasteiger partial charge is 0.0149 e. The summed E-state index contributed by atoms with van der Waals surface area (Å²) in [5.74, 6) is 0.788. The standard InChI is InChI=1S/C7H17N2P/c1-6-5-9(2)4-3-7(6)8-10/h6-8H,3-5,10H2,1-2H3. The summed E-state index contributed by atoms with van der Waals surface area (Å²) in [7, 11) is 4.80. The molecule has 1 N–H and O–H groups in total. The van der Waals surface area contributed by atoms with E-state index in [1.165, 1.54) is 19.5 Å². The molecule has 60 valence electrons. The molecule has 0 aliphatic carbocycles. The van der Waals surface area contributed by atoms with Crippen LogP contribution in [0.4, 0.5) is 0 Å². The number of hydrogen-bond acceptors (Lipinski definition) is 2. The molecule has 0 spiro atoms. The fourth-order valence-electron chi connectivity index (χ4n) is 1.60. The van der Waals surface area contributed by atoms with Crippen LogP contribution in [0, 0.1) is 5.92 Å². The molecule has 0 bridgehead atoms. The van der Waals surface area contributed by atoms with Gasteiger partial charge in [-0.15, -0.1) is 0 Å². The van der Waals surface area contributed by atoms with Crippen molar-refractivity contribution in [3.8, 4) is 0 Å². The predicted molar refractivity (Wildman–Crippen MR) is 47.9 cm³/mol. The molecule has 1 saturated heterocycles. The zero-order valence-electron chi connectivity index (χ0n) is 6.80. The maximum Gasteiger partial charge on any atom is 0.0149 e. The molecule has 10 heavy (non-hydrogen) atoms. The van der Waals surface area contributed by atoms with E-state index >= 15 is 0 Å². The number of piperidine rings is 1. The van der Waals surface area contributed by atoms with Gasteiger partial charge in [-0.2, -0.15) is 0 Å². The molecule has 1 aliphatic heterocycles. The van der Waals surface area contributed by atoms with E-state index < -0.39 is 0 Å². The minimum atomic E-state index is 0.709. The van der Waals surface area contributed by atoms with Gasteiger partial charge >= 0.3 is 0 Å². The second-order valence-corrected chi connectivity index (χ2v) is 3.63. The van der Waals surface area contributed by atoms with Crippen LogP contribution in [0.15, 0.2) is 0 Å². The third kappa shape index (κ3) is 1.91. The topological polar surface area (TPSA) is 15.3 Å². The lowest BCUT2D eigenvalue weighted by molar-refractivity contribution is 0.190. The lowest BCUT2D eigenvalue weighted by Gasteiger charge is -2.34. The molecular weight excluding hydrogens is 143 g/mol. The van der Waals surface area contributed by atoms with Crippen LogP contribution in [0.1, 0.15) is 13.3 Å². The van der Waals surface area contributed by atoms with Crippen molar-refractivity contribution in [1.82, 2.24) is 9.99 Å². The highest BCUT2D eigenvalue weighted by molar-refractivity contribution is 7.13. The molecule has 0 radical (unpaired) electrons. The normalized spacial score (nSPS) is 36.3. The van der Waals surface area contributed by atoms with Crippen molar-refractivity contribution in [3.05, 3.63) is 0 Å². The number of nitrogens with zero attached hydrogens (tertiary/aromatic N) is 1. The van der Waals surface area contributed by atoms with E-state index in [0.717, 1.165) is 5.92 Å². The van der Waals surface area contributed by atoms with Crippen molar-refractivity contribution in [2.45, 2.75) is 19.4 Å². The molecule has 3 unspecified atom stereocenters. The molecule has 0 amide bonds. The van der Waals surface area contributed by atoms with Crippen molar-refractivity contribution in [2.24, 2.45) is 5.92 Å². The maximum atomic E-state index is 3.26. The third-order valence-corrected chi connectivity index (χ3v) is 2.75. The lowest BCUT2D eigenvalue weighted by Crippen LogP contribution is -2.43. The Bertz CT molecular complexity index is 108. The van der Waals surface area contributed by atoms with Crippen LogP contribution < -0.4 is 5.09 Å². The molecule has 2 nitrogen and oxygen atoms in total. The summed E-state index contributed by atoms with van der Waals surface area (Å²) in [5.41, 5.74) is 0. The largest absolute Gasteiger partial charge is 0.306 e. The summed E-state index contributed by atoms with van der Waals surface area (Å²) in [6.07, 6.45) is 1.28. The van der Waals surface area contributed by atoms with Crippen LogP contribution in [0.25, 0.3) is 0 Å². The Hall–Kier alpha value is 0.350. The van der Waals surface area contributed by atoms with Gasteiger partial charge < -0.3 is 4.90 Å². The Morgan fingerprint density at radius 2 is 2.30 bits per heavy atom. The van der Waals surface area contributed by atoms with Crippen LogP contribution >= 0.6 is 9.39 Å². The van der Waals surface area contributed by atoms with E-state index in [9.17, 15) is 0 Å². The van der Waals surface area contributed by atoms with Gasteiger partial charge in [0.2, 0.25) is 0 Å². The Morgan fingerprint density at radius 1 is 1.60 bits per heavy atom. The molecule has 3 atom stereocenters. The van der Waals surface area contributed by atoms with Gasteiger partial charge in [0.15, 0.2) is 0 Å². The van der Waals surface area contributed by atoms with Crippen LogP contribution in [-0.2, 0) is 0 Å². The van der Waals surface area contributed by atoms with Crippen molar-refractivity contribution < 1.29 is 0 Å². The van der Waals surface area contributed by atoms with Gasteiger partial charge in [-0.05, 0) is 25.9 Å². The number of rotatable bonds is 1. The average Bonchev–Trinajstić information content (AvgIpc) is 1.88. The van der Waals surface area contributed by atoms with Gasteiger partial charge in [0.1, 0.15) is 0 Å². The van der Waals surface area contributed by atoms with E-state index in [4.69, 9.17) is 0 Å². The molecule has 3 heteroatoms. The highest BCUT2D eigenvalue weighted by atomic mass is 31.0. The molecule has 0 aromatic carbocycles. The SMILES string of the molecule is CC1CN(C)CCC1NP. The first-order valence-corrected chi connectivity index (χ1v) is 4.46. The summed E-state index contributed by atoms with van der Waals surface area (Å²) >= 11 is 0. The molecule has 0 saturated carbocycles. The van der Waals surface area contributed by atoms with Crippen molar-refractivity contribution in [1.29, 1.82) is 0 Å². The molecule has 0 aromatic rings. The lowest BCUT2D eigenvalue weighted by atomic mass is 9.95. The first-order valence-electron chi connectivity index (χ1n) is 3.88. The van der Waals surface area contributed by atoms with Crippen LogP contribution in [-0.4, -0.2) is 31.1 Å². The average molecular weight is 160 g/mol. The van der Waals surface area contributed by atoms with Crippen LogP contribution in [0.5, 0.6) is 0 Å². The molecule has 1 fully saturated rings. The van der Waals surface area contributed by atoms with Crippen molar-refractivity contribution in [2.75, 3.05) is 20.1 Å². The highest BCUT2D eigenvalue weighted by Gasteiger charge is 2.21. The first-order chi connectivity index (χ1) is 4.74. The van der Waals surface area contributed by atoms with Crippen LogP contribution in [0.3, 0.4) is 0 Å². The fourth-order valence-corrected chi connectivity index (χ4v) is 2.10. The number of nitrogens with one attached hydrogen (secondary N) is 1. The van der Waals surface area contributed by atoms with Gasteiger partial charge in [0.25, 0.3) is 0 Å². The number of likely N-dealkylation sites (tertiary alicyclic amines) is 1. The van der Waals surface area contributed by atoms with E-state index in [0.29, 0.717) is 6.04 Å². The zero-order valence-corrected chi connectivity index (χ0v) is 7.96. The van der Waals surface area contributed by atoms with Gasteiger partial charge in [-0.1, -0.05) is 16.3 Å². The Kier molecular flexibility index (Phi) is 3.09. The summed E-state index contributed by atoms with van der Waals surface area (Å²) in [5, 5.41) is 3.26. The molecule has 1 rings (SSSR count). The van der Waals surface area contributed by atoms with Gasteiger partial charge in [0, 0.05) is 12.6 Å². The second kappa shape index (κ2) is 3.66. The summed E-state index contributed by atoms with van der Waals surface area (Å²) < 4.78 is 0. The quantitative estimate of drug-likeness (QED) is 0.568. The van der Waals surface area contributed by atoms with Gasteiger partial charge in [0.05, 0.1) is 0 Å². The van der Waals surface area contributed by atoms with E-state index in [-0.39, 0.29) is 0 Å². The Balaban J connectivity index is 2.36. The summed E-state index contributed by atoms with van der Waals surface area (Å²) in [4.78, 5) is 2.39. The van der Waals surface area contributed by atoms with Crippen molar-refractivity contribution in [3.63, 3.8) is 0 Å². The minimum absolute atomic E-state index is 0.709. The third-order valence-electron chi connectivity index (χ3n) is 2.32. The van der Waals surface area contributed by atoms with Crippen LogP contribution in [0.2, 0.25) is 0 Å². The van der Waals surface area contributed by atoms with Gasteiger partial charge in [-0.3, -0.25) is 5.09 Å². The van der Waals surface area contributed by atoms with Crippen molar-refractivity contribution >= 4 is 9.39 Å². The summed E-state index contributed by atoms with van der Waals surface area (Å²) in [6, 6.07) is 0.709. The maximum absolute atomic E-state index is 3.26.